The number of carbonyl (C=O) groups is 2. The number of carbonyl (C=O) groups excluding carboxylic acids is 2. The van der Waals surface area contributed by atoms with Crippen molar-refractivity contribution >= 4 is 11.8 Å². The van der Waals surface area contributed by atoms with Gasteiger partial charge in [0.15, 0.2) is 0 Å². The highest BCUT2D eigenvalue weighted by molar-refractivity contribution is 5.98. The molecular formula is C22H33N3O2. The van der Waals surface area contributed by atoms with E-state index in [0.717, 1.165) is 37.7 Å². The summed E-state index contributed by atoms with van der Waals surface area (Å²) in [7, 11) is 0. The summed E-state index contributed by atoms with van der Waals surface area (Å²) in [5.41, 5.74) is 1.58. The van der Waals surface area contributed by atoms with Crippen LogP contribution in [0.5, 0.6) is 0 Å². The second-order valence-electron chi connectivity index (χ2n) is 8.54. The first-order valence-electron chi connectivity index (χ1n) is 10.3. The van der Waals surface area contributed by atoms with Gasteiger partial charge < -0.3 is 10.2 Å². The van der Waals surface area contributed by atoms with Gasteiger partial charge in [-0.2, -0.15) is 0 Å². The predicted molar refractivity (Wildman–Crippen MR) is 108 cm³/mol. The summed E-state index contributed by atoms with van der Waals surface area (Å²) < 4.78 is 0. The van der Waals surface area contributed by atoms with Crippen molar-refractivity contribution in [3.63, 3.8) is 0 Å². The Morgan fingerprint density at radius 2 is 1.78 bits per heavy atom. The van der Waals surface area contributed by atoms with E-state index in [-0.39, 0.29) is 11.8 Å². The molecule has 27 heavy (non-hydrogen) atoms. The van der Waals surface area contributed by atoms with Crippen LogP contribution in [0.4, 0.5) is 0 Å². The van der Waals surface area contributed by atoms with Crippen LogP contribution in [0.15, 0.2) is 24.3 Å². The molecule has 5 nitrogen and oxygen atoms in total. The highest BCUT2D eigenvalue weighted by Crippen LogP contribution is 2.30. The fourth-order valence-corrected chi connectivity index (χ4v) is 3.79. The number of nitrogens with zero attached hydrogens (tertiary/aromatic N) is 2. The van der Waals surface area contributed by atoms with Crippen molar-refractivity contribution < 1.29 is 9.59 Å². The second kappa shape index (κ2) is 8.87. The van der Waals surface area contributed by atoms with E-state index in [1.54, 1.807) is 0 Å². The number of amides is 2. The molecule has 1 unspecified atom stereocenters. The lowest BCUT2D eigenvalue weighted by molar-refractivity contribution is -0.135. The number of rotatable bonds is 7. The van der Waals surface area contributed by atoms with Gasteiger partial charge in [-0.05, 0) is 49.7 Å². The first-order valence-corrected chi connectivity index (χ1v) is 10.3. The molecule has 3 rings (SSSR count). The molecule has 1 heterocycles. The van der Waals surface area contributed by atoms with Crippen LogP contribution in [0.3, 0.4) is 0 Å². The molecule has 2 amide bonds. The zero-order chi connectivity index (χ0) is 19.4. The van der Waals surface area contributed by atoms with Gasteiger partial charge in [0.25, 0.3) is 5.91 Å². The van der Waals surface area contributed by atoms with E-state index in [9.17, 15) is 9.59 Å². The van der Waals surface area contributed by atoms with Crippen LogP contribution < -0.4 is 5.32 Å². The van der Waals surface area contributed by atoms with E-state index in [1.807, 2.05) is 36.1 Å². The first kappa shape index (κ1) is 19.9. The number of nitrogens with one attached hydrogen (secondary N) is 1. The first-order chi connectivity index (χ1) is 12.9. The molecule has 1 saturated heterocycles. The van der Waals surface area contributed by atoms with Crippen LogP contribution >= 0.6 is 0 Å². The summed E-state index contributed by atoms with van der Waals surface area (Å²) in [6.45, 7) is 10.7. The smallest absolute Gasteiger partial charge is 0.252 e. The van der Waals surface area contributed by atoms with Gasteiger partial charge in [0.2, 0.25) is 5.91 Å². The van der Waals surface area contributed by atoms with E-state index in [0.29, 0.717) is 17.9 Å². The molecule has 1 aliphatic carbocycles. The largest absolute Gasteiger partial charge is 0.340 e. The van der Waals surface area contributed by atoms with Crippen molar-refractivity contribution in [2.75, 3.05) is 32.7 Å². The average molecular weight is 372 g/mol. The van der Waals surface area contributed by atoms with Gasteiger partial charge in [-0.25, -0.2) is 0 Å². The monoisotopic (exact) mass is 371 g/mol. The van der Waals surface area contributed by atoms with Crippen LogP contribution in [-0.2, 0) is 4.79 Å². The van der Waals surface area contributed by atoms with Crippen molar-refractivity contribution in [1.82, 2.24) is 15.1 Å². The summed E-state index contributed by atoms with van der Waals surface area (Å²) in [5.74, 6) is 1.14. The predicted octanol–water partition coefficient (Wildman–Crippen LogP) is 2.69. The van der Waals surface area contributed by atoms with Crippen LogP contribution in [-0.4, -0.2) is 60.4 Å². The van der Waals surface area contributed by atoms with Gasteiger partial charge in [-0.15, -0.1) is 0 Å². The molecule has 1 atom stereocenters. The van der Waals surface area contributed by atoms with Crippen molar-refractivity contribution in [3.05, 3.63) is 35.4 Å². The summed E-state index contributed by atoms with van der Waals surface area (Å²) in [6.07, 6.45) is 3.39. The second-order valence-corrected chi connectivity index (χ2v) is 8.54. The third-order valence-electron chi connectivity index (χ3n) is 5.60. The molecule has 2 aliphatic rings. The van der Waals surface area contributed by atoms with Crippen molar-refractivity contribution in [1.29, 1.82) is 0 Å². The Morgan fingerprint density at radius 1 is 1.11 bits per heavy atom. The highest BCUT2D eigenvalue weighted by Gasteiger charge is 2.31. The molecule has 0 bridgehead atoms. The zero-order valence-corrected chi connectivity index (χ0v) is 16.9. The molecule has 0 radical (unpaired) electrons. The Bertz CT molecular complexity index is 661. The van der Waals surface area contributed by atoms with Crippen LogP contribution in [0.2, 0.25) is 0 Å². The third kappa shape index (κ3) is 5.55. The Kier molecular flexibility index (Phi) is 6.53. The Balaban J connectivity index is 1.60. The fraction of sp³-hybridized carbons (Fsp3) is 0.636. The van der Waals surface area contributed by atoms with Crippen molar-refractivity contribution in [2.24, 2.45) is 11.8 Å². The minimum absolute atomic E-state index is 0.0664. The molecule has 2 fully saturated rings. The molecule has 0 aromatic heterocycles. The number of benzene rings is 1. The lowest BCUT2D eigenvalue weighted by Gasteiger charge is -2.37. The van der Waals surface area contributed by atoms with Gasteiger partial charge in [-0.3, -0.25) is 14.5 Å². The van der Waals surface area contributed by atoms with Gasteiger partial charge in [0, 0.05) is 38.3 Å². The van der Waals surface area contributed by atoms with E-state index in [4.69, 9.17) is 0 Å². The molecule has 0 spiro atoms. The number of hydrogen-bond donors (Lipinski definition) is 1. The minimum atomic E-state index is -0.452. The normalized spacial score (nSPS) is 19.2. The van der Waals surface area contributed by atoms with Crippen LogP contribution in [0, 0.1) is 18.8 Å². The molecule has 1 aromatic rings. The van der Waals surface area contributed by atoms with E-state index >= 15 is 0 Å². The molecule has 1 saturated carbocycles. The molecule has 1 aromatic carbocycles. The average Bonchev–Trinajstić information content (AvgIpc) is 3.45. The maximum atomic E-state index is 13.1. The lowest BCUT2D eigenvalue weighted by Crippen LogP contribution is -2.55. The highest BCUT2D eigenvalue weighted by atomic mass is 16.2. The molecule has 148 valence electrons. The summed E-state index contributed by atoms with van der Waals surface area (Å²) in [5, 5.41) is 3.01. The van der Waals surface area contributed by atoms with Gasteiger partial charge >= 0.3 is 0 Å². The van der Waals surface area contributed by atoms with Gasteiger partial charge in [0.1, 0.15) is 6.04 Å². The Morgan fingerprint density at radius 3 is 2.37 bits per heavy atom. The molecule has 1 aliphatic heterocycles. The fourth-order valence-electron chi connectivity index (χ4n) is 3.79. The SMILES string of the molecule is Cc1ccccc1C(=O)NC(CC(C)C)C(=O)N1CCN(CC2CC2)CC1. The zero-order valence-electron chi connectivity index (χ0n) is 16.9. The number of piperazine rings is 1. The minimum Gasteiger partial charge on any atom is -0.340 e. The van der Waals surface area contributed by atoms with Gasteiger partial charge in [-0.1, -0.05) is 32.0 Å². The number of hydrogen-bond acceptors (Lipinski definition) is 3. The topological polar surface area (TPSA) is 52.7 Å². The molecule has 1 N–H and O–H groups in total. The quantitative estimate of drug-likeness (QED) is 0.802. The maximum Gasteiger partial charge on any atom is 0.252 e. The lowest BCUT2D eigenvalue weighted by atomic mass is 10.0. The van der Waals surface area contributed by atoms with E-state index in [2.05, 4.69) is 24.1 Å². The van der Waals surface area contributed by atoms with Crippen molar-refractivity contribution in [2.45, 2.75) is 46.1 Å². The van der Waals surface area contributed by atoms with E-state index < -0.39 is 6.04 Å². The van der Waals surface area contributed by atoms with E-state index in [1.165, 1.54) is 19.4 Å². The molecule has 5 heteroatoms. The Labute approximate surface area is 163 Å². The molecular weight excluding hydrogens is 338 g/mol. The third-order valence-corrected chi connectivity index (χ3v) is 5.60. The van der Waals surface area contributed by atoms with Crippen LogP contribution in [0.25, 0.3) is 0 Å². The maximum absolute atomic E-state index is 13.1. The summed E-state index contributed by atoms with van der Waals surface area (Å²) in [4.78, 5) is 30.3. The Hall–Kier alpha value is -1.88. The summed E-state index contributed by atoms with van der Waals surface area (Å²) in [6, 6.07) is 7.07. The summed E-state index contributed by atoms with van der Waals surface area (Å²) >= 11 is 0. The van der Waals surface area contributed by atoms with Crippen LogP contribution in [0.1, 0.15) is 49.0 Å². The van der Waals surface area contributed by atoms with Crippen molar-refractivity contribution in [3.8, 4) is 0 Å². The standard InChI is InChI=1S/C22H33N3O2/c1-16(2)14-20(23-21(26)19-7-5-4-6-17(19)3)22(27)25-12-10-24(11-13-25)15-18-8-9-18/h4-7,16,18,20H,8-15H2,1-3H3,(H,23,26). The van der Waals surface area contributed by atoms with Gasteiger partial charge in [0.05, 0.1) is 0 Å². The number of aryl methyl sites for hydroxylation is 1.